The fourth-order valence-electron chi connectivity index (χ4n) is 1.45. The van der Waals surface area contributed by atoms with Crippen LogP contribution >= 0.6 is 0 Å². The Labute approximate surface area is 110 Å². The zero-order valence-corrected chi connectivity index (χ0v) is 11.1. The molecule has 0 saturated carbocycles. The highest BCUT2D eigenvalue weighted by Gasteiger charge is 2.23. The van der Waals surface area contributed by atoms with Crippen molar-refractivity contribution in [3.05, 3.63) is 36.0 Å². The number of hydrogen-bond acceptors (Lipinski definition) is 4. The van der Waals surface area contributed by atoms with Crippen molar-refractivity contribution >= 4 is 5.78 Å². The van der Waals surface area contributed by atoms with Crippen LogP contribution in [0, 0.1) is 11.2 Å². The van der Waals surface area contributed by atoms with Crippen molar-refractivity contribution in [1.82, 2.24) is 10.1 Å². The summed E-state index contributed by atoms with van der Waals surface area (Å²) in [6, 6.07) is 5.78. The number of aromatic nitrogens is 2. The normalized spacial score (nSPS) is 11.6. The molecular weight excluding hydrogens is 247 g/mol. The van der Waals surface area contributed by atoms with E-state index in [4.69, 9.17) is 4.52 Å². The van der Waals surface area contributed by atoms with E-state index in [2.05, 4.69) is 10.1 Å². The zero-order valence-electron chi connectivity index (χ0n) is 11.1. The average molecular weight is 262 g/mol. The van der Waals surface area contributed by atoms with Gasteiger partial charge in [0.15, 0.2) is 0 Å². The van der Waals surface area contributed by atoms with Gasteiger partial charge in [-0.15, -0.1) is 0 Å². The smallest absolute Gasteiger partial charge is 0.234 e. The monoisotopic (exact) mass is 262 g/mol. The van der Waals surface area contributed by atoms with Crippen LogP contribution in [0.25, 0.3) is 11.4 Å². The van der Waals surface area contributed by atoms with Crippen LogP contribution in [-0.2, 0) is 11.2 Å². The van der Waals surface area contributed by atoms with Crippen molar-refractivity contribution in [2.24, 2.45) is 5.41 Å². The van der Waals surface area contributed by atoms with E-state index in [1.165, 1.54) is 12.1 Å². The summed E-state index contributed by atoms with van der Waals surface area (Å²) in [5, 5.41) is 3.79. The van der Waals surface area contributed by atoms with Gasteiger partial charge in [-0.3, -0.25) is 4.79 Å². The van der Waals surface area contributed by atoms with E-state index >= 15 is 0 Å². The molecule has 0 fully saturated rings. The molecule has 4 nitrogen and oxygen atoms in total. The minimum atomic E-state index is -0.440. The van der Waals surface area contributed by atoms with Crippen molar-refractivity contribution in [1.29, 1.82) is 0 Å². The molecule has 0 atom stereocenters. The predicted octanol–water partition coefficient (Wildman–Crippen LogP) is 3.03. The summed E-state index contributed by atoms with van der Waals surface area (Å²) in [7, 11) is 0. The van der Waals surface area contributed by atoms with E-state index in [1.807, 2.05) is 20.8 Å². The molecule has 0 radical (unpaired) electrons. The van der Waals surface area contributed by atoms with Gasteiger partial charge in [0.25, 0.3) is 0 Å². The predicted molar refractivity (Wildman–Crippen MR) is 67.9 cm³/mol. The Kier molecular flexibility index (Phi) is 3.46. The lowest BCUT2D eigenvalue weighted by molar-refractivity contribution is -0.125. The molecule has 2 aromatic rings. The van der Waals surface area contributed by atoms with Crippen molar-refractivity contribution in [2.45, 2.75) is 27.2 Å². The topological polar surface area (TPSA) is 56.0 Å². The lowest BCUT2D eigenvalue weighted by Gasteiger charge is -2.14. The van der Waals surface area contributed by atoms with Crippen molar-refractivity contribution < 1.29 is 13.7 Å². The lowest BCUT2D eigenvalue weighted by atomic mass is 9.89. The van der Waals surface area contributed by atoms with E-state index < -0.39 is 5.41 Å². The van der Waals surface area contributed by atoms with Crippen molar-refractivity contribution in [3.8, 4) is 11.4 Å². The van der Waals surface area contributed by atoms with Gasteiger partial charge >= 0.3 is 0 Å². The minimum absolute atomic E-state index is 0.0295. The van der Waals surface area contributed by atoms with Gasteiger partial charge in [0.05, 0.1) is 6.42 Å². The number of nitrogens with zero attached hydrogens (tertiary/aromatic N) is 2. The third-order valence-electron chi connectivity index (χ3n) is 2.72. The molecule has 0 aliphatic carbocycles. The molecule has 1 aromatic heterocycles. The molecule has 0 aliphatic rings. The van der Waals surface area contributed by atoms with Gasteiger partial charge in [0.2, 0.25) is 11.7 Å². The number of hydrogen-bond donors (Lipinski definition) is 0. The second-order valence-corrected chi connectivity index (χ2v) is 5.37. The van der Waals surface area contributed by atoms with Gasteiger partial charge in [0, 0.05) is 11.0 Å². The molecule has 0 spiro atoms. The molecule has 0 unspecified atom stereocenters. The molecule has 0 amide bonds. The molecule has 0 bridgehead atoms. The van der Waals surface area contributed by atoms with Crippen molar-refractivity contribution in [3.63, 3.8) is 0 Å². The number of benzene rings is 1. The lowest BCUT2D eigenvalue weighted by Crippen LogP contribution is -2.22. The van der Waals surface area contributed by atoms with Gasteiger partial charge in [-0.05, 0) is 24.3 Å². The SMILES string of the molecule is CC(C)(C)C(=O)Cc1nc(-c2ccc(F)cc2)no1. The molecule has 5 heteroatoms. The number of halogens is 1. The molecule has 1 aromatic carbocycles. The van der Waals surface area contributed by atoms with Crippen LogP contribution < -0.4 is 0 Å². The first-order valence-electron chi connectivity index (χ1n) is 5.98. The fourth-order valence-corrected chi connectivity index (χ4v) is 1.45. The van der Waals surface area contributed by atoms with Gasteiger partial charge in [-0.25, -0.2) is 4.39 Å². The number of carbonyl (C=O) groups is 1. The van der Waals surface area contributed by atoms with Crippen LogP contribution in [0.1, 0.15) is 26.7 Å². The maximum Gasteiger partial charge on any atom is 0.234 e. The van der Waals surface area contributed by atoms with Crippen LogP contribution in [0.15, 0.2) is 28.8 Å². The summed E-state index contributed by atoms with van der Waals surface area (Å²) in [5.74, 6) is 0.341. The first-order valence-corrected chi connectivity index (χ1v) is 5.98. The minimum Gasteiger partial charge on any atom is -0.339 e. The van der Waals surface area contributed by atoms with Gasteiger partial charge < -0.3 is 4.52 Å². The highest BCUT2D eigenvalue weighted by molar-refractivity contribution is 5.85. The quantitative estimate of drug-likeness (QED) is 0.853. The van der Waals surface area contributed by atoms with Gasteiger partial charge in [-0.2, -0.15) is 4.98 Å². The molecular formula is C14H15FN2O2. The van der Waals surface area contributed by atoms with Crippen LogP contribution in [0.3, 0.4) is 0 Å². The Hall–Kier alpha value is -2.04. The van der Waals surface area contributed by atoms with Crippen LogP contribution in [0.4, 0.5) is 4.39 Å². The van der Waals surface area contributed by atoms with Crippen LogP contribution in [-0.4, -0.2) is 15.9 Å². The summed E-state index contributed by atoms with van der Waals surface area (Å²) in [5.41, 5.74) is 0.212. The van der Waals surface area contributed by atoms with Crippen LogP contribution in [0.2, 0.25) is 0 Å². The summed E-state index contributed by atoms with van der Waals surface area (Å²) in [6.45, 7) is 5.52. The number of ketones is 1. The summed E-state index contributed by atoms with van der Waals surface area (Å²) >= 11 is 0. The summed E-state index contributed by atoms with van der Waals surface area (Å²) in [4.78, 5) is 16.0. The van der Waals surface area contributed by atoms with Crippen LogP contribution in [0.5, 0.6) is 0 Å². The highest BCUT2D eigenvalue weighted by Crippen LogP contribution is 2.20. The highest BCUT2D eigenvalue weighted by atomic mass is 19.1. The van der Waals surface area contributed by atoms with Gasteiger partial charge in [0.1, 0.15) is 11.6 Å². The van der Waals surface area contributed by atoms with E-state index in [-0.39, 0.29) is 23.9 Å². The van der Waals surface area contributed by atoms with E-state index in [9.17, 15) is 9.18 Å². The Bertz CT molecular complexity index is 582. The number of Topliss-reactive ketones (excluding diaryl/α,β-unsaturated/α-hetero) is 1. The molecule has 0 saturated heterocycles. The zero-order chi connectivity index (χ0) is 14.0. The third-order valence-corrected chi connectivity index (χ3v) is 2.72. The number of carbonyl (C=O) groups excluding carboxylic acids is 1. The first-order chi connectivity index (χ1) is 8.86. The molecule has 19 heavy (non-hydrogen) atoms. The second-order valence-electron chi connectivity index (χ2n) is 5.37. The Morgan fingerprint density at radius 1 is 1.26 bits per heavy atom. The van der Waals surface area contributed by atoms with E-state index in [0.717, 1.165) is 0 Å². The Morgan fingerprint density at radius 2 is 1.89 bits per heavy atom. The molecule has 1 heterocycles. The Morgan fingerprint density at radius 3 is 2.47 bits per heavy atom. The molecule has 0 N–H and O–H groups in total. The maximum atomic E-state index is 12.8. The van der Waals surface area contributed by atoms with Gasteiger partial charge in [-0.1, -0.05) is 25.9 Å². The molecule has 100 valence electrons. The fraction of sp³-hybridized carbons (Fsp3) is 0.357. The Balaban J connectivity index is 2.16. The average Bonchev–Trinajstić information content (AvgIpc) is 2.77. The summed E-state index contributed by atoms with van der Waals surface area (Å²) < 4.78 is 17.8. The second kappa shape index (κ2) is 4.91. The molecule has 0 aliphatic heterocycles. The number of rotatable bonds is 3. The van der Waals surface area contributed by atoms with Crippen molar-refractivity contribution in [2.75, 3.05) is 0 Å². The van der Waals surface area contributed by atoms with E-state index in [0.29, 0.717) is 11.4 Å². The maximum absolute atomic E-state index is 12.8. The first kappa shape index (κ1) is 13.4. The largest absolute Gasteiger partial charge is 0.339 e. The van der Waals surface area contributed by atoms with E-state index in [1.54, 1.807) is 12.1 Å². The standard InChI is InChI=1S/C14H15FN2O2/c1-14(2,3)11(18)8-12-16-13(17-19-12)9-4-6-10(15)7-5-9/h4-7H,8H2,1-3H3. The molecule has 2 rings (SSSR count). The third kappa shape index (κ3) is 3.24. The summed E-state index contributed by atoms with van der Waals surface area (Å²) in [6.07, 6.45) is 0.109.